The molecule has 0 radical (unpaired) electrons. The molecule has 0 saturated carbocycles. The fraction of sp³-hybridized carbons (Fsp3) is 0.895. The smallest absolute Gasteiger partial charge is 0.410 e. The average Bonchev–Trinajstić information content (AvgIpc) is 2.53. The highest BCUT2D eigenvalue weighted by Crippen LogP contribution is 2.19. The molecule has 1 aliphatic heterocycles. The Morgan fingerprint density at radius 3 is 2.36 bits per heavy atom. The van der Waals surface area contributed by atoms with Gasteiger partial charge in [-0.25, -0.2) is 4.79 Å². The zero-order chi connectivity index (χ0) is 18.9. The lowest BCUT2D eigenvalue weighted by Crippen LogP contribution is -2.44. The Hall–Kier alpha value is -1.30. The van der Waals surface area contributed by atoms with E-state index in [1.807, 2.05) is 25.7 Å². The number of hydrogen-bond acceptors (Lipinski definition) is 4. The number of piperidine rings is 1. The molecule has 1 fully saturated rings. The third-order valence-corrected chi connectivity index (χ3v) is 4.09. The van der Waals surface area contributed by atoms with Gasteiger partial charge in [0.15, 0.2) is 0 Å². The molecule has 0 unspecified atom stereocenters. The van der Waals surface area contributed by atoms with Crippen LogP contribution in [0.15, 0.2) is 0 Å². The third kappa shape index (κ3) is 8.56. The third-order valence-electron chi connectivity index (χ3n) is 4.09. The van der Waals surface area contributed by atoms with Crippen molar-refractivity contribution in [3.63, 3.8) is 0 Å². The summed E-state index contributed by atoms with van der Waals surface area (Å²) in [6.07, 6.45) is 3.61. The largest absolute Gasteiger partial charge is 0.444 e. The van der Waals surface area contributed by atoms with Gasteiger partial charge in [-0.2, -0.15) is 0 Å². The summed E-state index contributed by atoms with van der Waals surface area (Å²) in [6.45, 7) is 13.3. The van der Waals surface area contributed by atoms with Gasteiger partial charge in [0, 0.05) is 32.1 Å². The van der Waals surface area contributed by atoms with E-state index in [-0.39, 0.29) is 24.5 Å². The van der Waals surface area contributed by atoms with Crippen molar-refractivity contribution in [3.8, 4) is 0 Å². The summed E-state index contributed by atoms with van der Waals surface area (Å²) in [5.74, 6) is 0.323. The molecule has 1 aliphatic rings. The SMILES string of the molecule is CCCN(CCC)C(=O)COC[C@@H]1CCCN(C(=O)OC(C)(C)C)C1. The zero-order valence-electron chi connectivity index (χ0n) is 16.7. The van der Waals surface area contributed by atoms with Gasteiger partial charge in [0.05, 0.1) is 6.61 Å². The molecule has 2 amide bonds. The normalized spacial score (nSPS) is 18.1. The van der Waals surface area contributed by atoms with Crippen molar-refractivity contribution in [2.75, 3.05) is 39.4 Å². The number of amides is 2. The first-order valence-electron chi connectivity index (χ1n) is 9.60. The molecule has 0 spiro atoms. The molecule has 1 saturated heterocycles. The predicted octanol–water partition coefficient (Wildman–Crippen LogP) is 3.30. The van der Waals surface area contributed by atoms with Crippen LogP contribution >= 0.6 is 0 Å². The predicted molar refractivity (Wildman–Crippen MR) is 98.5 cm³/mol. The monoisotopic (exact) mass is 356 g/mol. The second kappa shape index (κ2) is 10.6. The van der Waals surface area contributed by atoms with Gasteiger partial charge in [-0.3, -0.25) is 4.79 Å². The van der Waals surface area contributed by atoms with E-state index in [4.69, 9.17) is 9.47 Å². The molecule has 1 rings (SSSR count). The van der Waals surface area contributed by atoms with Crippen LogP contribution in [0.1, 0.15) is 60.3 Å². The minimum Gasteiger partial charge on any atom is -0.444 e. The minimum absolute atomic E-state index is 0.0588. The Morgan fingerprint density at radius 1 is 1.16 bits per heavy atom. The summed E-state index contributed by atoms with van der Waals surface area (Å²) in [5.41, 5.74) is -0.477. The fourth-order valence-corrected chi connectivity index (χ4v) is 3.00. The van der Waals surface area contributed by atoms with Crippen molar-refractivity contribution >= 4 is 12.0 Å². The highest BCUT2D eigenvalue weighted by molar-refractivity contribution is 5.77. The average molecular weight is 357 g/mol. The van der Waals surface area contributed by atoms with Crippen molar-refractivity contribution in [1.82, 2.24) is 9.80 Å². The Kier molecular flexibility index (Phi) is 9.25. The first-order chi connectivity index (χ1) is 11.8. The highest BCUT2D eigenvalue weighted by atomic mass is 16.6. The van der Waals surface area contributed by atoms with E-state index in [1.165, 1.54) is 0 Å². The Bertz CT molecular complexity index is 414. The highest BCUT2D eigenvalue weighted by Gasteiger charge is 2.27. The minimum atomic E-state index is -0.477. The molecular formula is C19H36N2O4. The van der Waals surface area contributed by atoms with Crippen LogP contribution in [0.5, 0.6) is 0 Å². The summed E-state index contributed by atoms with van der Waals surface area (Å²) < 4.78 is 11.1. The fourth-order valence-electron chi connectivity index (χ4n) is 3.00. The molecular weight excluding hydrogens is 320 g/mol. The van der Waals surface area contributed by atoms with Crippen LogP contribution < -0.4 is 0 Å². The number of rotatable bonds is 8. The summed E-state index contributed by atoms with van der Waals surface area (Å²) >= 11 is 0. The number of likely N-dealkylation sites (tertiary alicyclic amines) is 1. The number of hydrogen-bond donors (Lipinski definition) is 0. The first-order valence-corrected chi connectivity index (χ1v) is 9.60. The van der Waals surface area contributed by atoms with Gasteiger partial charge in [0.25, 0.3) is 0 Å². The number of nitrogens with zero attached hydrogens (tertiary/aromatic N) is 2. The second-order valence-corrected chi connectivity index (χ2v) is 7.83. The second-order valence-electron chi connectivity index (χ2n) is 7.83. The zero-order valence-corrected chi connectivity index (χ0v) is 16.7. The van der Waals surface area contributed by atoms with Crippen molar-refractivity contribution in [1.29, 1.82) is 0 Å². The van der Waals surface area contributed by atoms with E-state index in [9.17, 15) is 9.59 Å². The summed E-state index contributed by atoms with van der Waals surface area (Å²) in [6, 6.07) is 0. The number of carbonyl (C=O) groups excluding carboxylic acids is 2. The van der Waals surface area contributed by atoms with E-state index in [1.54, 1.807) is 4.90 Å². The maximum atomic E-state index is 12.2. The molecule has 0 N–H and O–H groups in total. The lowest BCUT2D eigenvalue weighted by atomic mass is 9.99. The van der Waals surface area contributed by atoms with Gasteiger partial charge in [0.2, 0.25) is 5.91 Å². The lowest BCUT2D eigenvalue weighted by Gasteiger charge is -2.34. The maximum Gasteiger partial charge on any atom is 0.410 e. The maximum absolute atomic E-state index is 12.2. The van der Waals surface area contributed by atoms with Gasteiger partial charge in [-0.15, -0.1) is 0 Å². The molecule has 0 aliphatic carbocycles. The first kappa shape index (κ1) is 21.7. The molecule has 1 heterocycles. The summed E-state index contributed by atoms with van der Waals surface area (Å²) in [4.78, 5) is 28.0. The van der Waals surface area contributed by atoms with Crippen molar-refractivity contribution in [2.24, 2.45) is 5.92 Å². The van der Waals surface area contributed by atoms with Crippen LogP contribution in [0.3, 0.4) is 0 Å². The van der Waals surface area contributed by atoms with Crippen LogP contribution in [0.4, 0.5) is 4.79 Å². The molecule has 0 bridgehead atoms. The standard InChI is InChI=1S/C19H36N2O4/c1-6-10-20(11-7-2)17(22)15-24-14-16-9-8-12-21(13-16)18(23)25-19(3,4)5/h16H,6-15H2,1-5H3/t16-/m1/s1. The van der Waals surface area contributed by atoms with Crippen molar-refractivity contribution in [2.45, 2.75) is 65.9 Å². The molecule has 0 aromatic carbocycles. The Morgan fingerprint density at radius 2 is 1.80 bits per heavy atom. The Balaban J connectivity index is 2.37. The van der Waals surface area contributed by atoms with Gasteiger partial charge in [0.1, 0.15) is 12.2 Å². The Labute approximate surface area is 152 Å². The molecule has 0 aromatic heterocycles. The van der Waals surface area contributed by atoms with E-state index in [2.05, 4.69) is 13.8 Å². The number of carbonyl (C=O) groups is 2. The van der Waals surface area contributed by atoms with Gasteiger partial charge in [-0.1, -0.05) is 13.8 Å². The molecule has 0 aromatic rings. The van der Waals surface area contributed by atoms with Gasteiger partial charge < -0.3 is 19.3 Å². The molecule has 1 atom stereocenters. The van der Waals surface area contributed by atoms with Crippen molar-refractivity contribution in [3.05, 3.63) is 0 Å². The van der Waals surface area contributed by atoms with E-state index >= 15 is 0 Å². The molecule has 146 valence electrons. The molecule has 6 nitrogen and oxygen atoms in total. The van der Waals surface area contributed by atoms with Gasteiger partial charge >= 0.3 is 6.09 Å². The lowest BCUT2D eigenvalue weighted by molar-refractivity contribution is -0.137. The van der Waals surface area contributed by atoms with Crippen molar-refractivity contribution < 1.29 is 19.1 Å². The topological polar surface area (TPSA) is 59.1 Å². The molecule has 25 heavy (non-hydrogen) atoms. The van der Waals surface area contributed by atoms with Crippen LogP contribution in [0.2, 0.25) is 0 Å². The van der Waals surface area contributed by atoms with Crippen LogP contribution in [0, 0.1) is 5.92 Å². The quantitative estimate of drug-likeness (QED) is 0.669. The van der Waals surface area contributed by atoms with Crippen LogP contribution in [0.25, 0.3) is 0 Å². The summed E-state index contributed by atoms with van der Waals surface area (Å²) in [5, 5.41) is 0. The van der Waals surface area contributed by atoms with E-state index < -0.39 is 5.60 Å². The van der Waals surface area contributed by atoms with E-state index in [0.29, 0.717) is 13.2 Å². The number of ether oxygens (including phenoxy) is 2. The van der Waals surface area contributed by atoms with Gasteiger partial charge in [-0.05, 0) is 46.5 Å². The summed E-state index contributed by atoms with van der Waals surface area (Å²) in [7, 11) is 0. The molecule has 6 heteroatoms. The van der Waals surface area contributed by atoms with Crippen LogP contribution in [-0.4, -0.2) is 66.8 Å². The van der Waals surface area contributed by atoms with E-state index in [0.717, 1.165) is 45.3 Å². The van der Waals surface area contributed by atoms with Crippen LogP contribution in [-0.2, 0) is 14.3 Å².